The molecule has 0 spiro atoms. The fraction of sp³-hybridized carbons (Fsp3) is 0.462. The van der Waals surface area contributed by atoms with Crippen LogP contribution in [0.25, 0.3) is 10.6 Å². The van der Waals surface area contributed by atoms with E-state index < -0.39 is 0 Å². The van der Waals surface area contributed by atoms with Crippen LogP contribution in [-0.4, -0.2) is 27.3 Å². The van der Waals surface area contributed by atoms with Gasteiger partial charge in [-0.05, 0) is 38.2 Å². The van der Waals surface area contributed by atoms with E-state index in [1.165, 1.54) is 22.9 Å². The Morgan fingerprint density at radius 1 is 1.52 bits per heavy atom. The summed E-state index contributed by atoms with van der Waals surface area (Å²) in [6, 6.07) is 0.0274. The minimum absolute atomic E-state index is 0.00532. The highest BCUT2D eigenvalue weighted by atomic mass is 32.1. The Bertz CT molecular complexity index is 661. The highest BCUT2D eigenvalue weighted by molar-refractivity contribution is 7.15. The van der Waals surface area contributed by atoms with Crippen molar-refractivity contribution in [2.45, 2.75) is 38.8 Å². The first-order valence-electron chi connectivity index (χ1n) is 6.79. The lowest BCUT2D eigenvalue weighted by Gasteiger charge is -2.14. The average Bonchev–Trinajstić information content (AvgIpc) is 3.04. The van der Waals surface area contributed by atoms with Crippen LogP contribution in [0.3, 0.4) is 0 Å². The number of hydrogen-bond donors (Lipinski definition) is 3. The van der Waals surface area contributed by atoms with E-state index in [2.05, 4.69) is 20.0 Å². The molecule has 2 aromatic rings. The number of anilines is 2. The van der Waals surface area contributed by atoms with Crippen LogP contribution in [0.5, 0.6) is 0 Å². The molecular formula is C13H17N5OS2. The van der Waals surface area contributed by atoms with E-state index in [-0.39, 0.29) is 11.9 Å². The average molecular weight is 323 g/mol. The second-order valence-electron chi connectivity index (χ2n) is 5.21. The van der Waals surface area contributed by atoms with Gasteiger partial charge >= 0.3 is 0 Å². The molecule has 0 radical (unpaired) electrons. The number of thiazole rings is 1. The van der Waals surface area contributed by atoms with Gasteiger partial charge in [0.1, 0.15) is 21.9 Å². The van der Waals surface area contributed by atoms with Gasteiger partial charge in [0.15, 0.2) is 0 Å². The zero-order valence-electron chi connectivity index (χ0n) is 11.8. The molecule has 2 aromatic heterocycles. The van der Waals surface area contributed by atoms with Gasteiger partial charge in [-0.15, -0.1) is 11.3 Å². The molecule has 0 aromatic carbocycles. The Balaban J connectivity index is 1.77. The summed E-state index contributed by atoms with van der Waals surface area (Å²) >= 11 is 2.79. The zero-order chi connectivity index (χ0) is 15.0. The number of rotatable bonds is 5. The molecule has 1 unspecified atom stereocenters. The summed E-state index contributed by atoms with van der Waals surface area (Å²) in [6.07, 6.45) is 2.16. The summed E-state index contributed by atoms with van der Waals surface area (Å²) in [5.41, 5.74) is 7.70. The van der Waals surface area contributed by atoms with Crippen molar-refractivity contribution in [2.24, 2.45) is 0 Å². The molecular weight excluding hydrogens is 306 g/mol. The van der Waals surface area contributed by atoms with Crippen molar-refractivity contribution in [3.8, 4) is 10.6 Å². The number of carbonyl (C=O) groups excluding carboxylic acids is 1. The lowest BCUT2D eigenvalue weighted by molar-refractivity contribution is -0.121. The maximum absolute atomic E-state index is 12.0. The first-order chi connectivity index (χ1) is 10.0. The second-order valence-corrected chi connectivity index (χ2v) is 6.85. The van der Waals surface area contributed by atoms with Crippen molar-refractivity contribution < 1.29 is 4.79 Å². The summed E-state index contributed by atoms with van der Waals surface area (Å²) < 4.78 is 4.18. The molecule has 21 heavy (non-hydrogen) atoms. The van der Waals surface area contributed by atoms with Gasteiger partial charge in [-0.3, -0.25) is 4.79 Å². The third-order valence-electron chi connectivity index (χ3n) is 3.22. The number of amides is 1. The SMILES string of the molecule is Cc1csc(-c2c(N)nsc2NC(C)C(=O)NC2CC2)n1. The van der Waals surface area contributed by atoms with Gasteiger partial charge in [0.05, 0.1) is 5.56 Å². The summed E-state index contributed by atoms with van der Waals surface area (Å²) in [6.45, 7) is 3.78. The van der Waals surface area contributed by atoms with Crippen molar-refractivity contribution >= 4 is 39.6 Å². The topological polar surface area (TPSA) is 92.9 Å². The highest BCUT2D eigenvalue weighted by Crippen LogP contribution is 2.38. The zero-order valence-corrected chi connectivity index (χ0v) is 13.5. The van der Waals surface area contributed by atoms with Crippen molar-refractivity contribution in [3.05, 3.63) is 11.1 Å². The largest absolute Gasteiger partial charge is 0.382 e. The molecule has 2 heterocycles. The first-order valence-corrected chi connectivity index (χ1v) is 8.44. The number of nitrogens with two attached hydrogens (primary N) is 1. The van der Waals surface area contributed by atoms with Crippen LogP contribution < -0.4 is 16.4 Å². The Labute approximate surface area is 130 Å². The van der Waals surface area contributed by atoms with Crippen LogP contribution in [0, 0.1) is 6.92 Å². The summed E-state index contributed by atoms with van der Waals surface area (Å²) in [4.78, 5) is 16.5. The van der Waals surface area contributed by atoms with Crippen LogP contribution in [0.4, 0.5) is 10.8 Å². The molecule has 1 aliphatic carbocycles. The smallest absolute Gasteiger partial charge is 0.242 e. The molecule has 0 saturated heterocycles. The molecule has 112 valence electrons. The summed E-state index contributed by atoms with van der Waals surface area (Å²) in [5.74, 6) is 0.456. The maximum atomic E-state index is 12.0. The minimum atomic E-state index is -0.328. The van der Waals surface area contributed by atoms with Gasteiger partial charge in [0.25, 0.3) is 0 Å². The molecule has 1 aliphatic rings. The predicted molar refractivity (Wildman–Crippen MR) is 86.6 cm³/mol. The fourth-order valence-electron chi connectivity index (χ4n) is 1.89. The number of nitrogens with zero attached hydrogens (tertiary/aromatic N) is 2. The fourth-order valence-corrected chi connectivity index (χ4v) is 3.62. The summed E-state index contributed by atoms with van der Waals surface area (Å²) in [7, 11) is 0. The number of carbonyl (C=O) groups is 1. The van der Waals surface area contributed by atoms with Gasteiger partial charge in [0, 0.05) is 17.1 Å². The Hall–Kier alpha value is -1.67. The quantitative estimate of drug-likeness (QED) is 0.784. The Morgan fingerprint density at radius 2 is 2.29 bits per heavy atom. The Morgan fingerprint density at radius 3 is 2.90 bits per heavy atom. The van der Waals surface area contributed by atoms with Gasteiger partial charge < -0.3 is 16.4 Å². The van der Waals surface area contributed by atoms with Crippen LogP contribution in [0.2, 0.25) is 0 Å². The van der Waals surface area contributed by atoms with E-state index in [9.17, 15) is 4.79 Å². The molecule has 8 heteroatoms. The van der Waals surface area contributed by atoms with E-state index in [1.807, 2.05) is 19.2 Å². The Kier molecular flexibility index (Phi) is 3.81. The van der Waals surface area contributed by atoms with Gasteiger partial charge in [0.2, 0.25) is 5.91 Å². The third kappa shape index (κ3) is 3.16. The molecule has 1 fully saturated rings. The molecule has 6 nitrogen and oxygen atoms in total. The predicted octanol–water partition coefficient (Wildman–Crippen LogP) is 2.24. The number of hydrogen-bond acceptors (Lipinski definition) is 7. The standard InChI is InChI=1S/C13H17N5OS2/c1-6-5-20-12(15-6)9-10(14)18-21-13(9)16-7(2)11(19)17-8-3-4-8/h5,7-8,16H,3-4H2,1-2H3,(H2,14,18)(H,17,19). The van der Waals surface area contributed by atoms with E-state index in [0.29, 0.717) is 11.9 Å². The molecule has 3 rings (SSSR count). The molecule has 4 N–H and O–H groups in total. The lowest BCUT2D eigenvalue weighted by Crippen LogP contribution is -2.38. The first kappa shape index (κ1) is 14.3. The van der Waals surface area contributed by atoms with Crippen LogP contribution in [-0.2, 0) is 4.79 Å². The number of aryl methyl sites for hydroxylation is 1. The van der Waals surface area contributed by atoms with Crippen molar-refractivity contribution in [3.63, 3.8) is 0 Å². The van der Waals surface area contributed by atoms with Crippen LogP contribution in [0.1, 0.15) is 25.5 Å². The number of nitrogen functional groups attached to an aromatic ring is 1. The van der Waals surface area contributed by atoms with Crippen LogP contribution in [0.15, 0.2) is 5.38 Å². The minimum Gasteiger partial charge on any atom is -0.382 e. The molecule has 1 saturated carbocycles. The van der Waals surface area contributed by atoms with Crippen molar-refractivity contribution in [1.29, 1.82) is 0 Å². The van der Waals surface area contributed by atoms with Gasteiger partial charge in [-0.25, -0.2) is 4.98 Å². The maximum Gasteiger partial charge on any atom is 0.242 e. The molecule has 1 atom stereocenters. The van der Waals surface area contributed by atoms with E-state index in [0.717, 1.165) is 34.1 Å². The van der Waals surface area contributed by atoms with Crippen molar-refractivity contribution in [1.82, 2.24) is 14.7 Å². The second kappa shape index (κ2) is 5.61. The summed E-state index contributed by atoms with van der Waals surface area (Å²) in [5, 5.41) is 9.78. The van der Waals surface area contributed by atoms with E-state index >= 15 is 0 Å². The normalized spacial score (nSPS) is 15.7. The number of nitrogens with one attached hydrogen (secondary N) is 2. The van der Waals surface area contributed by atoms with Crippen LogP contribution >= 0.6 is 22.9 Å². The third-order valence-corrected chi connectivity index (χ3v) is 4.99. The van der Waals surface area contributed by atoms with Gasteiger partial charge in [-0.1, -0.05) is 0 Å². The molecule has 0 bridgehead atoms. The monoisotopic (exact) mass is 323 g/mol. The molecule has 0 aliphatic heterocycles. The van der Waals surface area contributed by atoms with E-state index in [1.54, 1.807) is 0 Å². The van der Waals surface area contributed by atoms with Crippen molar-refractivity contribution in [2.75, 3.05) is 11.1 Å². The van der Waals surface area contributed by atoms with Gasteiger partial charge in [-0.2, -0.15) is 4.37 Å². The van der Waals surface area contributed by atoms with E-state index in [4.69, 9.17) is 5.73 Å². The highest BCUT2D eigenvalue weighted by Gasteiger charge is 2.26. The lowest BCUT2D eigenvalue weighted by atomic mass is 10.2. The number of aromatic nitrogens is 2. The molecule has 1 amide bonds.